The van der Waals surface area contributed by atoms with Gasteiger partial charge in [0.05, 0.1) is 34.2 Å². The van der Waals surface area contributed by atoms with Gasteiger partial charge in [-0.15, -0.1) is 23.5 Å². The van der Waals surface area contributed by atoms with Crippen LogP contribution < -0.4 is 0 Å². The molecular formula is C54H60O30S2. The molecule has 0 aliphatic carbocycles. The highest BCUT2D eigenvalue weighted by Crippen LogP contribution is 2.60. The van der Waals surface area contributed by atoms with Gasteiger partial charge >= 0.3 is 71.6 Å². The van der Waals surface area contributed by atoms with Crippen molar-refractivity contribution in [1.29, 1.82) is 0 Å². The summed E-state index contributed by atoms with van der Waals surface area (Å²) in [5.74, 6) is -12.5. The van der Waals surface area contributed by atoms with Crippen molar-refractivity contribution in [1.82, 2.24) is 0 Å². The van der Waals surface area contributed by atoms with Crippen molar-refractivity contribution in [3.63, 3.8) is 0 Å². The molecule has 24 unspecified atom stereocenters. The zero-order valence-electron chi connectivity index (χ0n) is 45.7. The first-order valence-corrected chi connectivity index (χ1v) is 28.9. The van der Waals surface area contributed by atoms with Gasteiger partial charge in [-0.05, 0) is 13.8 Å². The van der Waals surface area contributed by atoms with Crippen molar-refractivity contribution in [2.45, 2.75) is 108 Å². The lowest BCUT2D eigenvalue weighted by Crippen LogP contribution is -2.46. The lowest BCUT2D eigenvalue weighted by Gasteiger charge is -2.25. The average molecular weight is 1250 g/mol. The van der Waals surface area contributed by atoms with Crippen LogP contribution in [0.1, 0.15) is 13.8 Å². The largest absolute Gasteiger partial charge is 0.462 e. The molecule has 4 N–H and O–H groups in total. The van der Waals surface area contributed by atoms with Crippen LogP contribution in [-0.4, -0.2) is 239 Å². The van der Waals surface area contributed by atoms with Gasteiger partial charge in [-0.3, -0.25) is 38.4 Å². The molecule has 12 heterocycles. The zero-order chi connectivity index (χ0) is 62.3. The Morgan fingerprint density at radius 3 is 1.01 bits per heavy atom. The molecule has 0 amide bonds. The summed E-state index contributed by atoms with van der Waals surface area (Å²) < 4.78 is 70.2. The topological polar surface area (TPSA) is 415 Å². The van der Waals surface area contributed by atoms with E-state index in [1.807, 2.05) is 0 Å². The Labute approximate surface area is 495 Å². The normalized spacial score (nSPS) is 38.4. The molecule has 8 bridgehead atoms. The highest BCUT2D eigenvalue weighted by molar-refractivity contribution is 8.01. The molecule has 0 aromatic rings. The van der Waals surface area contributed by atoms with Gasteiger partial charge in [-0.2, -0.15) is 0 Å². The Balaban J connectivity index is 0.000000137. The molecule has 86 heavy (non-hydrogen) atoms. The number of ether oxygens (including phenoxy) is 14. The summed E-state index contributed by atoms with van der Waals surface area (Å²) in [5, 5.41) is 38.9. The molecule has 32 heteroatoms. The number of thioether (sulfide) groups is 2. The van der Waals surface area contributed by atoms with E-state index in [2.05, 4.69) is 35.8 Å². The first-order chi connectivity index (χ1) is 40.9. The minimum Gasteiger partial charge on any atom is -0.462 e. The molecule has 468 valence electrons. The number of hydrogen-bond donors (Lipinski definition) is 4. The van der Waals surface area contributed by atoms with Crippen molar-refractivity contribution in [3.05, 3.63) is 49.6 Å². The van der Waals surface area contributed by atoms with Crippen molar-refractivity contribution in [3.8, 4) is 0 Å². The van der Waals surface area contributed by atoms with Crippen LogP contribution in [0.5, 0.6) is 0 Å². The molecular weight excluding hydrogens is 1190 g/mol. The van der Waals surface area contributed by atoms with Crippen molar-refractivity contribution < 1.29 is 144 Å². The Morgan fingerprint density at radius 1 is 0.395 bits per heavy atom. The highest BCUT2D eigenvalue weighted by atomic mass is 32.2. The van der Waals surface area contributed by atoms with Crippen molar-refractivity contribution in [2.75, 3.05) is 52.9 Å². The van der Waals surface area contributed by atoms with Crippen LogP contribution in [0.3, 0.4) is 0 Å². The second-order valence-electron chi connectivity index (χ2n) is 21.3. The summed E-state index contributed by atoms with van der Waals surface area (Å²) >= 11 is 2.82. The van der Waals surface area contributed by atoms with Crippen LogP contribution in [0.4, 0.5) is 0 Å². The second-order valence-corrected chi connectivity index (χ2v) is 24.0. The van der Waals surface area contributed by atoms with E-state index in [1.165, 1.54) is 37.4 Å². The van der Waals surface area contributed by atoms with E-state index < -0.39 is 192 Å². The Hall–Kier alpha value is -6.94. The number of aliphatic hydroxyl groups excluding tert-OH is 4. The molecule has 0 saturated carbocycles. The Morgan fingerprint density at radius 2 is 0.686 bits per heavy atom. The molecule has 12 aliphatic heterocycles. The molecule has 12 rings (SSSR count). The van der Waals surface area contributed by atoms with Crippen LogP contribution in [0.2, 0.25) is 0 Å². The number of fused-ring (bicyclic) bond motifs is 4. The summed E-state index contributed by atoms with van der Waals surface area (Å²) in [4.78, 5) is 139. The number of carbonyl (C=O) groups is 12. The number of rotatable bonds is 20. The smallest absolute Gasteiger partial charge is 0.333 e. The van der Waals surface area contributed by atoms with Gasteiger partial charge in [0.15, 0.2) is 12.2 Å². The van der Waals surface area contributed by atoms with E-state index in [4.69, 9.17) is 56.8 Å². The molecule has 0 aromatic carbocycles. The van der Waals surface area contributed by atoms with Crippen LogP contribution in [0, 0.1) is 47.3 Å². The SMILES string of the molecule is C=C(C)C(=O)OCCOC(=O)C1C2OC3C(OC(=O)C31)C2O.C=C(C)C(=O)OCCOC(=O)C1C2SC3C(OC(=O)C31)C2O.C=CC(=O)OCCOC(=O)C1C2OC3C(OC(=O)C31)C2O.C=CC(=O)OCCOC(=O)C1C2SC3C(OC(=O)C31)C2O. The van der Waals surface area contributed by atoms with Gasteiger partial charge in [-0.1, -0.05) is 26.3 Å². The minimum atomic E-state index is -1.02. The maximum absolute atomic E-state index is 12.2. The Bertz CT molecular complexity index is 2650. The number of aliphatic hydroxyl groups is 4. The zero-order valence-corrected chi connectivity index (χ0v) is 47.3. The molecule has 24 atom stereocenters. The predicted octanol–water partition coefficient (Wildman–Crippen LogP) is -3.55. The molecule has 12 saturated heterocycles. The van der Waals surface area contributed by atoms with Crippen molar-refractivity contribution in [2.24, 2.45) is 47.3 Å². The quantitative estimate of drug-likeness (QED) is 0.0397. The summed E-state index contributed by atoms with van der Waals surface area (Å²) in [5.41, 5.74) is 0.509. The number of hydrogen-bond acceptors (Lipinski definition) is 32. The van der Waals surface area contributed by atoms with E-state index in [0.717, 1.165) is 12.2 Å². The van der Waals surface area contributed by atoms with Crippen LogP contribution in [0.25, 0.3) is 0 Å². The molecule has 12 aliphatic rings. The number of esters is 12. The van der Waals surface area contributed by atoms with Gasteiger partial charge in [0.2, 0.25) is 0 Å². The van der Waals surface area contributed by atoms with Gasteiger partial charge < -0.3 is 86.7 Å². The van der Waals surface area contributed by atoms with Gasteiger partial charge in [0.1, 0.15) is 138 Å². The predicted molar refractivity (Wildman–Crippen MR) is 277 cm³/mol. The number of carbonyl (C=O) groups excluding carboxylic acids is 12. The van der Waals surface area contributed by atoms with Crippen LogP contribution in [0.15, 0.2) is 49.6 Å². The summed E-state index contributed by atoms with van der Waals surface area (Å²) in [6.07, 6.45) is -6.86. The first-order valence-electron chi connectivity index (χ1n) is 27.0. The summed E-state index contributed by atoms with van der Waals surface area (Å²) in [6.45, 7) is 15.5. The summed E-state index contributed by atoms with van der Waals surface area (Å²) in [7, 11) is 0. The lowest BCUT2D eigenvalue weighted by molar-refractivity contribution is -0.158. The maximum Gasteiger partial charge on any atom is 0.333 e. The fourth-order valence-electron chi connectivity index (χ4n) is 12.4. The van der Waals surface area contributed by atoms with E-state index in [9.17, 15) is 78.0 Å². The fraction of sp³-hybridized carbons (Fsp3) is 0.630. The molecule has 0 aromatic heterocycles. The third-order valence-electron chi connectivity index (χ3n) is 16.1. The molecule has 0 radical (unpaired) electrons. The molecule has 12 fully saturated rings. The van der Waals surface area contributed by atoms with Gasteiger partial charge in [0, 0.05) is 33.8 Å². The summed E-state index contributed by atoms with van der Waals surface area (Å²) in [6, 6.07) is 0. The molecule has 30 nitrogen and oxygen atoms in total. The monoisotopic (exact) mass is 1250 g/mol. The van der Waals surface area contributed by atoms with Gasteiger partial charge in [0.25, 0.3) is 0 Å². The first kappa shape index (κ1) is 63.6. The average Bonchev–Trinajstić information content (AvgIpc) is 1.78. The second kappa shape index (κ2) is 26.2. The maximum atomic E-state index is 12.2. The fourth-order valence-corrected chi connectivity index (χ4v) is 16.3. The standard InChI is InChI=1S/C14H16O8.C14H16O7S.C13H14O8.C13H14O7S/c1-5(2)12(16)19-3-4-20-13(17)6-7-10-11(22-14(7)18)8(15)9(6)21-10;1-5(2)12(16)19-3-4-20-13(17)6-7-11-9(21-14(7)18)8(15)10(6)22-11;1-2-5(14)18-3-4-19-12(16)6-7-10-11(21-13(7)17)8(15)9(6)20-10;1-2-5(14)18-3-4-19-12(16)6-7-11-9(20-13(7)17)8(15)10(6)21-11/h2*6-11,15H,1,3-4H2,2H3;2*2,6-11,15H,1,3-4H2. The van der Waals surface area contributed by atoms with Crippen LogP contribution in [-0.2, 0) is 124 Å². The van der Waals surface area contributed by atoms with E-state index in [0.29, 0.717) is 0 Å². The van der Waals surface area contributed by atoms with E-state index in [1.54, 1.807) is 0 Å². The lowest BCUT2D eigenvalue weighted by atomic mass is 9.78. The Kier molecular flexibility index (Phi) is 19.3. The molecule has 0 spiro atoms. The van der Waals surface area contributed by atoms with E-state index >= 15 is 0 Å². The van der Waals surface area contributed by atoms with Crippen molar-refractivity contribution >= 4 is 95.2 Å². The highest BCUT2D eigenvalue weighted by Gasteiger charge is 2.73. The van der Waals surface area contributed by atoms with Gasteiger partial charge in [-0.25, -0.2) is 19.2 Å². The van der Waals surface area contributed by atoms with E-state index in [-0.39, 0.29) is 85.0 Å². The third kappa shape index (κ3) is 12.0. The van der Waals surface area contributed by atoms with Crippen LogP contribution >= 0.6 is 23.5 Å². The minimum absolute atomic E-state index is 0.0777. The third-order valence-corrected chi connectivity index (χ3v) is 19.6.